The highest BCUT2D eigenvalue weighted by atomic mass is 127. The summed E-state index contributed by atoms with van der Waals surface area (Å²) in [6, 6.07) is 9.34. The average Bonchev–Trinajstić information content (AvgIpc) is 2.43. The van der Waals surface area contributed by atoms with E-state index in [1.54, 1.807) is 36.7 Å². The number of aliphatic hydroxyl groups is 2. The molecule has 0 aromatic heterocycles. The Morgan fingerprint density at radius 3 is 2.62 bits per heavy atom. The van der Waals surface area contributed by atoms with E-state index < -0.39 is 24.2 Å². The van der Waals surface area contributed by atoms with Gasteiger partial charge in [0.25, 0.3) is 0 Å². The van der Waals surface area contributed by atoms with Gasteiger partial charge in [0.05, 0.1) is 0 Å². The minimum absolute atomic E-state index is 0.142. The van der Waals surface area contributed by atoms with E-state index in [0.29, 0.717) is 6.42 Å². The lowest BCUT2D eigenvalue weighted by atomic mass is 9.95. The molecule has 0 saturated carbocycles. The maximum atomic E-state index is 12.3. The summed E-state index contributed by atoms with van der Waals surface area (Å²) in [6.07, 6.45) is -2.32. The van der Waals surface area contributed by atoms with Crippen molar-refractivity contribution in [3.63, 3.8) is 0 Å². The van der Waals surface area contributed by atoms with Crippen LogP contribution in [-0.4, -0.2) is 42.4 Å². The van der Waals surface area contributed by atoms with Crippen LogP contribution in [0.2, 0.25) is 0 Å². The fourth-order valence-corrected chi connectivity index (χ4v) is 2.79. The van der Waals surface area contributed by atoms with E-state index in [0.717, 1.165) is 5.56 Å². The van der Waals surface area contributed by atoms with E-state index in [4.69, 9.17) is 4.74 Å². The number of hydrogen-bond acceptors (Lipinski definition) is 5. The van der Waals surface area contributed by atoms with Gasteiger partial charge in [-0.1, -0.05) is 30.3 Å². The van der Waals surface area contributed by atoms with E-state index in [1.165, 1.54) is 8.01 Å². The largest absolute Gasteiger partial charge is 0.444 e. The van der Waals surface area contributed by atoms with Crippen LogP contribution in [-0.2, 0) is 11.3 Å². The lowest BCUT2D eigenvalue weighted by Crippen LogP contribution is -2.65. The lowest BCUT2D eigenvalue weighted by molar-refractivity contribution is -0.179. The molecule has 1 aromatic carbocycles. The molecule has 0 radical (unpaired) electrons. The monoisotopic (exact) mass is 406 g/mol. The predicted molar refractivity (Wildman–Crippen MR) is 85.0 cm³/mol. The number of ether oxygens (including phenoxy) is 1. The molecular formula is C14H19IN2O4. The van der Waals surface area contributed by atoms with Crippen LogP contribution >= 0.6 is 22.9 Å². The molecule has 1 aliphatic rings. The molecule has 2 N–H and O–H groups in total. The van der Waals surface area contributed by atoms with E-state index >= 15 is 0 Å². The van der Waals surface area contributed by atoms with Crippen LogP contribution in [0.5, 0.6) is 0 Å². The van der Waals surface area contributed by atoms with E-state index in [-0.39, 0.29) is 6.61 Å². The summed E-state index contributed by atoms with van der Waals surface area (Å²) in [7, 11) is 0. The minimum Gasteiger partial charge on any atom is -0.444 e. The second-order valence-electron chi connectivity index (χ2n) is 5.60. The smallest absolute Gasteiger partial charge is 0.413 e. The Balaban J connectivity index is 2.06. The molecule has 6 nitrogen and oxygen atoms in total. The van der Waals surface area contributed by atoms with Crippen molar-refractivity contribution in [3.05, 3.63) is 35.9 Å². The van der Waals surface area contributed by atoms with Crippen LogP contribution in [0.1, 0.15) is 25.8 Å². The quantitative estimate of drug-likeness (QED) is 0.581. The molecule has 1 fully saturated rings. The van der Waals surface area contributed by atoms with Gasteiger partial charge in [-0.15, -0.1) is 0 Å². The summed E-state index contributed by atoms with van der Waals surface area (Å²) in [4.78, 5) is 13.5. The Morgan fingerprint density at radius 2 is 2.00 bits per heavy atom. The van der Waals surface area contributed by atoms with Crippen LogP contribution in [0.15, 0.2) is 30.3 Å². The van der Waals surface area contributed by atoms with Gasteiger partial charge in [-0.2, -0.15) is 3.11 Å². The standard InChI is InChI=1S/C14H19IN2O4/c1-14(2)8-11(18)17(15)12(19)16(14)13(20)21-9-10-6-4-3-5-7-10/h3-7,11-12,18-19H,8-9H2,1-2H3. The number of hydrogen-bond donors (Lipinski definition) is 2. The topological polar surface area (TPSA) is 73.2 Å². The minimum atomic E-state index is -1.23. The van der Waals surface area contributed by atoms with E-state index in [9.17, 15) is 15.0 Å². The van der Waals surface area contributed by atoms with Gasteiger partial charge < -0.3 is 14.9 Å². The van der Waals surface area contributed by atoms with Crippen molar-refractivity contribution >= 4 is 29.0 Å². The molecule has 0 aliphatic carbocycles. The highest BCUT2D eigenvalue weighted by Crippen LogP contribution is 2.34. The second-order valence-corrected chi connectivity index (χ2v) is 6.71. The molecule has 1 heterocycles. The van der Waals surface area contributed by atoms with E-state index in [1.807, 2.05) is 30.3 Å². The maximum absolute atomic E-state index is 12.3. The molecule has 116 valence electrons. The number of aliphatic hydroxyl groups excluding tert-OH is 2. The zero-order valence-electron chi connectivity index (χ0n) is 11.9. The third-order valence-electron chi connectivity index (χ3n) is 3.47. The molecule has 21 heavy (non-hydrogen) atoms. The van der Waals surface area contributed by atoms with Crippen molar-refractivity contribution in [3.8, 4) is 0 Å². The maximum Gasteiger partial charge on any atom is 0.413 e. The molecule has 1 aromatic rings. The number of carbonyl (C=O) groups excluding carboxylic acids is 1. The fourth-order valence-electron chi connectivity index (χ4n) is 2.34. The van der Waals surface area contributed by atoms with Gasteiger partial charge in [-0.25, -0.2) is 4.79 Å². The first-order valence-corrected chi connectivity index (χ1v) is 7.60. The molecule has 1 saturated heterocycles. The van der Waals surface area contributed by atoms with Gasteiger partial charge in [0.2, 0.25) is 6.35 Å². The third kappa shape index (κ3) is 3.65. The Morgan fingerprint density at radius 1 is 1.38 bits per heavy atom. The van der Waals surface area contributed by atoms with Gasteiger partial charge in [-0.3, -0.25) is 4.90 Å². The van der Waals surface area contributed by atoms with Gasteiger partial charge in [0, 0.05) is 34.8 Å². The zero-order chi connectivity index (χ0) is 15.6. The Bertz CT molecular complexity index is 497. The van der Waals surface area contributed by atoms with Gasteiger partial charge in [-0.05, 0) is 19.4 Å². The molecule has 1 amide bonds. The van der Waals surface area contributed by atoms with Crippen LogP contribution in [0.4, 0.5) is 4.79 Å². The van der Waals surface area contributed by atoms with Crippen LogP contribution in [0.3, 0.4) is 0 Å². The first kappa shape index (κ1) is 16.5. The van der Waals surface area contributed by atoms with Crippen molar-refractivity contribution in [1.29, 1.82) is 0 Å². The summed E-state index contributed by atoms with van der Waals surface area (Å²) in [6.45, 7) is 3.71. The summed E-state index contributed by atoms with van der Waals surface area (Å²) < 4.78 is 6.57. The number of rotatable bonds is 2. The van der Waals surface area contributed by atoms with Crippen molar-refractivity contribution < 1.29 is 19.7 Å². The third-order valence-corrected chi connectivity index (χ3v) is 4.61. The van der Waals surface area contributed by atoms with Crippen molar-refractivity contribution in [2.75, 3.05) is 0 Å². The molecule has 0 spiro atoms. The van der Waals surface area contributed by atoms with Gasteiger partial charge in [0.1, 0.15) is 12.8 Å². The first-order chi connectivity index (χ1) is 9.83. The van der Waals surface area contributed by atoms with E-state index in [2.05, 4.69) is 0 Å². The predicted octanol–water partition coefficient (Wildman–Crippen LogP) is 2.05. The van der Waals surface area contributed by atoms with Gasteiger partial charge >= 0.3 is 6.09 Å². The number of halogens is 1. The van der Waals surface area contributed by atoms with Crippen molar-refractivity contribution in [2.45, 2.75) is 45.0 Å². The van der Waals surface area contributed by atoms with Crippen LogP contribution in [0.25, 0.3) is 0 Å². The number of nitrogens with zero attached hydrogens (tertiary/aromatic N) is 2. The molecule has 0 bridgehead atoms. The molecule has 1 aliphatic heterocycles. The first-order valence-electron chi connectivity index (χ1n) is 6.63. The number of carbonyl (C=O) groups is 1. The summed E-state index contributed by atoms with van der Waals surface area (Å²) in [5.41, 5.74) is 0.176. The molecule has 2 atom stereocenters. The molecular weight excluding hydrogens is 387 g/mol. The fraction of sp³-hybridized carbons (Fsp3) is 0.500. The highest BCUT2D eigenvalue weighted by molar-refractivity contribution is 14.1. The summed E-state index contributed by atoms with van der Waals surface area (Å²) >= 11 is 1.80. The Labute approximate surface area is 137 Å². The highest BCUT2D eigenvalue weighted by Gasteiger charge is 2.47. The summed E-state index contributed by atoms with van der Waals surface area (Å²) in [5, 5.41) is 20.1. The molecule has 7 heteroatoms. The average molecular weight is 406 g/mol. The number of amides is 1. The number of benzene rings is 1. The second kappa shape index (κ2) is 6.47. The van der Waals surface area contributed by atoms with Crippen molar-refractivity contribution in [2.24, 2.45) is 0 Å². The normalized spacial score (nSPS) is 25.7. The Hall–Kier alpha value is -0.900. The summed E-state index contributed by atoms with van der Waals surface area (Å²) in [5.74, 6) is 0. The van der Waals surface area contributed by atoms with Gasteiger partial charge in [0.15, 0.2) is 0 Å². The lowest BCUT2D eigenvalue weighted by Gasteiger charge is -2.49. The Kier molecular flexibility index (Phi) is 5.07. The SMILES string of the molecule is CC1(C)CC(O)N(I)C(O)N1C(=O)OCc1ccccc1. The van der Waals surface area contributed by atoms with Crippen LogP contribution in [0, 0.1) is 0 Å². The molecule has 2 rings (SSSR count). The van der Waals surface area contributed by atoms with Crippen LogP contribution < -0.4 is 0 Å². The molecule has 2 unspecified atom stereocenters. The zero-order valence-corrected chi connectivity index (χ0v) is 14.1. The van der Waals surface area contributed by atoms with Crippen molar-refractivity contribution in [1.82, 2.24) is 8.01 Å².